The van der Waals surface area contributed by atoms with Gasteiger partial charge in [0.2, 0.25) is 0 Å². The van der Waals surface area contributed by atoms with E-state index in [9.17, 15) is 5.11 Å². The van der Waals surface area contributed by atoms with Gasteiger partial charge >= 0.3 is 0 Å². The van der Waals surface area contributed by atoms with Crippen molar-refractivity contribution in [3.8, 4) is 5.75 Å². The molecular weight excluding hydrogens is 196 g/mol. The molecule has 0 radical (unpaired) electrons. The Morgan fingerprint density at radius 2 is 2.21 bits per heavy atom. The van der Waals surface area contributed by atoms with Crippen molar-refractivity contribution >= 4 is 23.0 Å². The molecule has 0 saturated heterocycles. The molecule has 0 bridgehead atoms. The zero-order valence-corrected chi connectivity index (χ0v) is 9.11. The van der Waals surface area contributed by atoms with Crippen LogP contribution in [-0.2, 0) is 0 Å². The molecule has 0 aliphatic heterocycles. The molecule has 0 fully saturated rings. The lowest BCUT2D eigenvalue weighted by Gasteiger charge is -2.10. The van der Waals surface area contributed by atoms with Gasteiger partial charge in [0.25, 0.3) is 0 Å². The molecule has 14 heavy (non-hydrogen) atoms. The first-order valence-corrected chi connectivity index (χ1v) is 4.88. The second-order valence-electron chi connectivity index (χ2n) is 3.01. The summed E-state index contributed by atoms with van der Waals surface area (Å²) in [5.74, 6) is 0.213. The summed E-state index contributed by atoms with van der Waals surface area (Å²) < 4.78 is 0. The topological polar surface area (TPSA) is 44.3 Å². The van der Waals surface area contributed by atoms with Crippen LogP contribution in [0.15, 0.2) is 18.2 Å². The van der Waals surface area contributed by atoms with Gasteiger partial charge in [-0.2, -0.15) is 0 Å². The quantitative estimate of drug-likeness (QED) is 0.516. The normalized spacial score (nSPS) is 9.57. The number of rotatable bonds is 2. The maximum atomic E-state index is 9.56. The van der Waals surface area contributed by atoms with Crippen molar-refractivity contribution in [1.29, 1.82) is 0 Å². The van der Waals surface area contributed by atoms with Gasteiger partial charge in [0.05, 0.1) is 5.69 Å². The van der Waals surface area contributed by atoms with Gasteiger partial charge in [0.15, 0.2) is 5.11 Å². The second-order valence-corrected chi connectivity index (χ2v) is 3.41. The number of aromatic hydroxyl groups is 1. The highest BCUT2D eigenvalue weighted by atomic mass is 32.1. The van der Waals surface area contributed by atoms with Crippen LogP contribution in [0.4, 0.5) is 5.69 Å². The number of phenols is 1. The van der Waals surface area contributed by atoms with Crippen LogP contribution in [0.1, 0.15) is 12.5 Å². The summed E-state index contributed by atoms with van der Waals surface area (Å²) in [6.45, 7) is 4.65. The van der Waals surface area contributed by atoms with Crippen molar-refractivity contribution in [2.45, 2.75) is 13.8 Å². The van der Waals surface area contributed by atoms with Crippen molar-refractivity contribution in [3.05, 3.63) is 23.8 Å². The summed E-state index contributed by atoms with van der Waals surface area (Å²) >= 11 is 4.99. The molecule has 0 spiro atoms. The van der Waals surface area contributed by atoms with Gasteiger partial charge in [-0.15, -0.1) is 0 Å². The Balaban J connectivity index is 2.72. The summed E-state index contributed by atoms with van der Waals surface area (Å²) in [4.78, 5) is 0. The van der Waals surface area contributed by atoms with E-state index in [1.54, 1.807) is 12.1 Å². The Bertz CT molecular complexity index is 339. The fourth-order valence-electron chi connectivity index (χ4n) is 1.07. The fourth-order valence-corrected chi connectivity index (χ4v) is 1.33. The summed E-state index contributed by atoms with van der Waals surface area (Å²) in [5.41, 5.74) is 1.64. The van der Waals surface area contributed by atoms with Crippen LogP contribution < -0.4 is 10.6 Å². The van der Waals surface area contributed by atoms with Crippen molar-refractivity contribution in [3.63, 3.8) is 0 Å². The average molecular weight is 210 g/mol. The fraction of sp³-hybridized carbons (Fsp3) is 0.300. The lowest BCUT2D eigenvalue weighted by Crippen LogP contribution is -2.27. The van der Waals surface area contributed by atoms with Crippen molar-refractivity contribution in [2.24, 2.45) is 0 Å². The van der Waals surface area contributed by atoms with E-state index in [0.29, 0.717) is 10.8 Å². The lowest BCUT2D eigenvalue weighted by molar-refractivity contribution is 0.477. The molecule has 1 aromatic carbocycles. The van der Waals surface area contributed by atoms with Gasteiger partial charge in [-0.25, -0.2) is 0 Å². The number of phenolic OH excluding ortho intramolecular Hbond substituents is 1. The zero-order valence-electron chi connectivity index (χ0n) is 8.29. The molecule has 76 valence electrons. The minimum Gasteiger partial charge on any atom is -0.506 e. The van der Waals surface area contributed by atoms with Crippen molar-refractivity contribution in [1.82, 2.24) is 5.32 Å². The number of thiocarbonyl (C=S) groups is 1. The van der Waals surface area contributed by atoms with E-state index in [4.69, 9.17) is 12.2 Å². The van der Waals surface area contributed by atoms with Gasteiger partial charge in [0, 0.05) is 6.54 Å². The molecule has 4 heteroatoms. The highest BCUT2D eigenvalue weighted by molar-refractivity contribution is 7.80. The van der Waals surface area contributed by atoms with E-state index in [-0.39, 0.29) is 5.75 Å². The Kier molecular flexibility index (Phi) is 3.71. The minimum atomic E-state index is 0.213. The molecule has 0 aliphatic carbocycles. The Morgan fingerprint density at radius 1 is 1.50 bits per heavy atom. The monoisotopic (exact) mass is 210 g/mol. The Labute approximate surface area is 89.1 Å². The summed E-state index contributed by atoms with van der Waals surface area (Å²) in [5, 5.41) is 15.9. The van der Waals surface area contributed by atoms with Crippen LogP contribution in [0, 0.1) is 6.92 Å². The summed E-state index contributed by atoms with van der Waals surface area (Å²) in [6.07, 6.45) is 0. The van der Waals surface area contributed by atoms with E-state index in [2.05, 4.69) is 10.6 Å². The molecule has 0 heterocycles. The van der Waals surface area contributed by atoms with E-state index < -0.39 is 0 Å². The van der Waals surface area contributed by atoms with Crippen LogP contribution >= 0.6 is 12.2 Å². The number of anilines is 1. The molecule has 1 aromatic rings. The number of aryl methyl sites for hydroxylation is 1. The molecule has 3 nitrogen and oxygen atoms in total. The Hall–Kier alpha value is -1.29. The average Bonchev–Trinajstić information content (AvgIpc) is 2.10. The highest BCUT2D eigenvalue weighted by Gasteiger charge is 2.01. The third-order valence-electron chi connectivity index (χ3n) is 1.74. The molecule has 1 rings (SSSR count). The van der Waals surface area contributed by atoms with Crippen molar-refractivity contribution < 1.29 is 5.11 Å². The largest absolute Gasteiger partial charge is 0.506 e. The third-order valence-corrected chi connectivity index (χ3v) is 1.99. The van der Waals surface area contributed by atoms with Gasteiger partial charge in [-0.3, -0.25) is 0 Å². The smallest absolute Gasteiger partial charge is 0.170 e. The zero-order chi connectivity index (χ0) is 10.6. The molecular formula is C10H14N2OS. The molecule has 3 N–H and O–H groups in total. The Morgan fingerprint density at radius 3 is 2.79 bits per heavy atom. The predicted molar refractivity (Wildman–Crippen MR) is 62.7 cm³/mol. The number of nitrogens with one attached hydrogen (secondary N) is 2. The summed E-state index contributed by atoms with van der Waals surface area (Å²) in [6, 6.07) is 5.40. The first-order chi connectivity index (χ1) is 6.63. The maximum Gasteiger partial charge on any atom is 0.170 e. The summed E-state index contributed by atoms with van der Waals surface area (Å²) in [7, 11) is 0. The first kappa shape index (κ1) is 10.8. The first-order valence-electron chi connectivity index (χ1n) is 4.48. The highest BCUT2D eigenvalue weighted by Crippen LogP contribution is 2.23. The number of hydrogen-bond donors (Lipinski definition) is 3. The third kappa shape index (κ3) is 2.88. The van der Waals surface area contributed by atoms with Crippen LogP contribution in [0.3, 0.4) is 0 Å². The van der Waals surface area contributed by atoms with Crippen LogP contribution in [0.25, 0.3) is 0 Å². The lowest BCUT2D eigenvalue weighted by atomic mass is 10.2. The minimum absolute atomic E-state index is 0.213. The second kappa shape index (κ2) is 4.81. The number of hydrogen-bond acceptors (Lipinski definition) is 2. The van der Waals surface area contributed by atoms with Gasteiger partial charge in [-0.05, 0) is 43.8 Å². The van der Waals surface area contributed by atoms with Crippen LogP contribution in [0.5, 0.6) is 5.75 Å². The van der Waals surface area contributed by atoms with Gasteiger partial charge < -0.3 is 15.7 Å². The molecule has 0 unspecified atom stereocenters. The van der Waals surface area contributed by atoms with Crippen LogP contribution in [-0.4, -0.2) is 16.8 Å². The predicted octanol–water partition coefficient (Wildman–Crippen LogP) is 2.01. The maximum absolute atomic E-state index is 9.56. The van der Waals surface area contributed by atoms with E-state index >= 15 is 0 Å². The van der Waals surface area contributed by atoms with Gasteiger partial charge in [0.1, 0.15) is 5.75 Å². The molecule has 0 aliphatic rings. The molecule has 0 atom stereocenters. The SMILES string of the molecule is CCNC(=S)Nc1ccc(C)cc1O. The van der Waals surface area contributed by atoms with E-state index in [1.165, 1.54) is 0 Å². The molecule has 0 amide bonds. The van der Waals surface area contributed by atoms with E-state index in [1.807, 2.05) is 19.9 Å². The number of benzene rings is 1. The van der Waals surface area contributed by atoms with Gasteiger partial charge in [-0.1, -0.05) is 6.07 Å². The van der Waals surface area contributed by atoms with Crippen LogP contribution in [0.2, 0.25) is 0 Å². The molecule has 0 saturated carbocycles. The standard InChI is InChI=1S/C10H14N2OS/c1-3-11-10(14)12-8-5-4-7(2)6-9(8)13/h4-6,13H,3H2,1-2H3,(H2,11,12,14). The van der Waals surface area contributed by atoms with Crippen molar-refractivity contribution in [2.75, 3.05) is 11.9 Å². The molecule has 0 aromatic heterocycles. The van der Waals surface area contributed by atoms with E-state index in [0.717, 1.165) is 12.1 Å².